The van der Waals surface area contributed by atoms with Crippen LogP contribution in [0, 0.1) is 5.82 Å². The van der Waals surface area contributed by atoms with E-state index >= 15 is 0 Å². The van der Waals surface area contributed by atoms with Crippen molar-refractivity contribution in [3.05, 3.63) is 53.7 Å². The Kier molecular flexibility index (Phi) is 3.61. The van der Waals surface area contributed by atoms with Crippen LogP contribution in [-0.4, -0.2) is 19.8 Å². The third kappa shape index (κ3) is 2.63. The molecule has 2 heterocycles. The molecule has 2 aromatic rings. The Balaban J connectivity index is 2.17. The first-order chi connectivity index (χ1) is 11.1. The number of halogens is 1. The number of benzene rings is 1. The van der Waals surface area contributed by atoms with Crippen LogP contribution in [0.3, 0.4) is 0 Å². The molecule has 0 aliphatic carbocycles. The van der Waals surface area contributed by atoms with Crippen molar-refractivity contribution in [3.8, 4) is 0 Å². The van der Waals surface area contributed by atoms with Gasteiger partial charge in [0.05, 0.1) is 11.2 Å². The Morgan fingerprint density at radius 2 is 1.75 bits per heavy atom. The molecule has 8 heteroatoms. The van der Waals surface area contributed by atoms with Gasteiger partial charge >= 0.3 is 0 Å². The minimum Gasteiger partial charge on any atom is -0.478 e. The van der Waals surface area contributed by atoms with Crippen molar-refractivity contribution >= 4 is 27.1 Å². The Labute approximate surface area is 137 Å². The third-order valence-corrected chi connectivity index (χ3v) is 4.58. The Hall–Kier alpha value is -2.45. The van der Waals surface area contributed by atoms with Gasteiger partial charge in [-0.05, 0) is 38.1 Å². The van der Waals surface area contributed by atoms with Crippen LogP contribution in [0.5, 0.6) is 0 Å². The highest BCUT2D eigenvalue weighted by Gasteiger charge is 2.45. The van der Waals surface area contributed by atoms with E-state index in [1.165, 1.54) is 24.3 Å². The number of primary sulfonamides is 1. The van der Waals surface area contributed by atoms with Gasteiger partial charge in [-0.1, -0.05) is 0 Å². The summed E-state index contributed by atoms with van der Waals surface area (Å²) in [6, 6.07) is 6.54. The number of Topliss-reactive ketones (excluding diaryl/α,β-unsaturated/α-hetero) is 1. The van der Waals surface area contributed by atoms with E-state index in [0.717, 1.165) is 12.3 Å². The van der Waals surface area contributed by atoms with E-state index < -0.39 is 27.2 Å². The number of hydrogen-bond donors (Lipinski definition) is 1. The summed E-state index contributed by atoms with van der Waals surface area (Å²) in [6.07, 6.45) is 1.14. The molecule has 1 aliphatic rings. The summed E-state index contributed by atoms with van der Waals surface area (Å²) in [7, 11) is -3.84. The number of carbonyl (C=O) groups excluding carboxylic acids is 1. The summed E-state index contributed by atoms with van der Waals surface area (Å²) in [5.41, 5.74) is -0.805. The average Bonchev–Trinajstić information content (AvgIpc) is 3.00. The summed E-state index contributed by atoms with van der Waals surface area (Å²) in [5, 5.41) is 5.06. The van der Waals surface area contributed by atoms with Crippen molar-refractivity contribution in [2.24, 2.45) is 5.14 Å². The Bertz CT molecular complexity index is 955. The molecule has 1 aliphatic heterocycles. The molecule has 0 fully saturated rings. The Morgan fingerprint density at radius 3 is 2.25 bits per heavy atom. The van der Waals surface area contributed by atoms with E-state index in [9.17, 15) is 17.6 Å². The topological polar surface area (TPSA) is 99.6 Å². The Morgan fingerprint density at radius 1 is 1.12 bits per heavy atom. The van der Waals surface area contributed by atoms with Gasteiger partial charge in [0, 0.05) is 11.6 Å². The summed E-state index contributed by atoms with van der Waals surface area (Å²) >= 11 is 0. The molecule has 3 rings (SSSR count). The minimum atomic E-state index is -3.84. The normalized spacial score (nSPS) is 17.2. The van der Waals surface area contributed by atoms with Gasteiger partial charge < -0.3 is 9.15 Å². The average molecular weight is 351 g/mol. The van der Waals surface area contributed by atoms with Crippen molar-refractivity contribution in [2.75, 3.05) is 0 Å². The van der Waals surface area contributed by atoms with E-state index in [2.05, 4.69) is 0 Å². The number of furan rings is 1. The lowest BCUT2D eigenvalue weighted by molar-refractivity contribution is -0.125. The molecule has 0 saturated carbocycles. The maximum Gasteiger partial charge on any atom is 0.238 e. The fraction of sp³-hybridized carbons (Fsp3) is 0.188. The van der Waals surface area contributed by atoms with Crippen molar-refractivity contribution in [3.63, 3.8) is 0 Å². The smallest absolute Gasteiger partial charge is 0.238 e. The molecule has 0 unspecified atom stereocenters. The second-order valence-electron chi connectivity index (χ2n) is 5.81. The zero-order valence-corrected chi connectivity index (χ0v) is 13.7. The first kappa shape index (κ1) is 16.4. The molecule has 1 aromatic heterocycles. The van der Waals surface area contributed by atoms with Crippen LogP contribution in [0.1, 0.15) is 25.2 Å². The van der Waals surface area contributed by atoms with Crippen molar-refractivity contribution in [2.45, 2.75) is 24.3 Å². The highest BCUT2D eigenvalue weighted by Crippen LogP contribution is 2.42. The number of nitrogens with two attached hydrogens (primary N) is 1. The predicted octanol–water partition coefficient (Wildman–Crippen LogP) is 2.31. The molecule has 0 saturated heterocycles. The standard InChI is InChI=1S/C16H14FNO5S/c1-16(2)15(19)12(14-11(17)7-8-22-14)13(23-16)9-3-5-10(6-4-9)24(18,20)21/h3-8H,1-2H3,(H2,18,20,21). The van der Waals surface area contributed by atoms with E-state index in [1.807, 2.05) is 0 Å². The molecule has 0 amide bonds. The molecule has 0 atom stereocenters. The molecule has 0 bridgehead atoms. The monoisotopic (exact) mass is 351 g/mol. The van der Waals surface area contributed by atoms with Gasteiger partial charge in [0.1, 0.15) is 11.3 Å². The van der Waals surface area contributed by atoms with Crippen molar-refractivity contribution < 1.29 is 26.8 Å². The number of sulfonamides is 1. The largest absolute Gasteiger partial charge is 0.478 e. The molecular formula is C16H14FNO5S. The number of ether oxygens (including phenoxy) is 1. The zero-order chi connectivity index (χ0) is 17.7. The van der Waals surface area contributed by atoms with Gasteiger partial charge in [0.2, 0.25) is 15.8 Å². The molecule has 0 radical (unpaired) electrons. The van der Waals surface area contributed by atoms with Gasteiger partial charge in [-0.25, -0.2) is 17.9 Å². The van der Waals surface area contributed by atoms with Gasteiger partial charge in [0.25, 0.3) is 0 Å². The van der Waals surface area contributed by atoms with Crippen molar-refractivity contribution in [1.29, 1.82) is 0 Å². The van der Waals surface area contributed by atoms with E-state index in [0.29, 0.717) is 5.56 Å². The molecule has 6 nitrogen and oxygen atoms in total. The zero-order valence-electron chi connectivity index (χ0n) is 12.9. The molecule has 1 aromatic carbocycles. The minimum absolute atomic E-state index is 0.0224. The first-order valence-corrected chi connectivity index (χ1v) is 8.50. The van der Waals surface area contributed by atoms with Crippen molar-refractivity contribution in [1.82, 2.24) is 0 Å². The fourth-order valence-electron chi connectivity index (χ4n) is 2.43. The van der Waals surface area contributed by atoms with Gasteiger partial charge in [-0.3, -0.25) is 4.79 Å². The summed E-state index contributed by atoms with van der Waals surface area (Å²) < 4.78 is 47.3. The second-order valence-corrected chi connectivity index (χ2v) is 7.37. The number of carbonyl (C=O) groups is 1. The SMILES string of the molecule is CC1(C)OC(c2ccc(S(N)(=O)=O)cc2)=C(c2occc2F)C1=O. The van der Waals surface area contributed by atoms with E-state index in [4.69, 9.17) is 14.3 Å². The second kappa shape index (κ2) is 5.29. The van der Waals surface area contributed by atoms with Gasteiger partial charge in [0.15, 0.2) is 17.2 Å². The lowest BCUT2D eigenvalue weighted by Gasteiger charge is -2.17. The lowest BCUT2D eigenvalue weighted by atomic mass is 9.96. The van der Waals surface area contributed by atoms with Crippen LogP contribution < -0.4 is 5.14 Å². The highest BCUT2D eigenvalue weighted by atomic mass is 32.2. The quantitative estimate of drug-likeness (QED) is 0.915. The van der Waals surface area contributed by atoms with Crippen LogP contribution in [0.4, 0.5) is 4.39 Å². The first-order valence-electron chi connectivity index (χ1n) is 6.96. The van der Waals surface area contributed by atoms with Crippen LogP contribution in [0.2, 0.25) is 0 Å². The molecule has 126 valence electrons. The molecular weight excluding hydrogens is 337 g/mol. The number of hydrogen-bond acceptors (Lipinski definition) is 5. The third-order valence-electron chi connectivity index (χ3n) is 3.65. The predicted molar refractivity (Wildman–Crippen MR) is 83.5 cm³/mol. The summed E-state index contributed by atoms with van der Waals surface area (Å²) in [5.74, 6) is -1.20. The molecule has 24 heavy (non-hydrogen) atoms. The molecule has 2 N–H and O–H groups in total. The lowest BCUT2D eigenvalue weighted by Crippen LogP contribution is -2.29. The van der Waals surface area contributed by atoms with E-state index in [1.54, 1.807) is 13.8 Å². The summed E-state index contributed by atoms with van der Waals surface area (Å²) in [6.45, 7) is 3.11. The van der Waals surface area contributed by atoms with Crippen LogP contribution in [0.25, 0.3) is 11.3 Å². The maximum absolute atomic E-state index is 13.9. The van der Waals surface area contributed by atoms with Gasteiger partial charge in [-0.15, -0.1) is 0 Å². The van der Waals surface area contributed by atoms with Crippen LogP contribution in [-0.2, 0) is 19.6 Å². The summed E-state index contributed by atoms with van der Waals surface area (Å²) in [4.78, 5) is 12.5. The highest BCUT2D eigenvalue weighted by molar-refractivity contribution is 7.89. The fourth-order valence-corrected chi connectivity index (χ4v) is 2.95. The number of rotatable bonds is 3. The van der Waals surface area contributed by atoms with E-state index in [-0.39, 0.29) is 22.0 Å². The van der Waals surface area contributed by atoms with Crippen LogP contribution >= 0.6 is 0 Å². The maximum atomic E-state index is 13.9. The molecule has 0 spiro atoms. The van der Waals surface area contributed by atoms with Crippen LogP contribution in [0.15, 0.2) is 45.9 Å². The van der Waals surface area contributed by atoms with Gasteiger partial charge in [-0.2, -0.15) is 0 Å². The number of ketones is 1.